The highest BCUT2D eigenvalue weighted by atomic mass is 19.4. The maximum atomic E-state index is 11.7. The zero-order valence-corrected chi connectivity index (χ0v) is 19.4. The van der Waals surface area contributed by atoms with Crippen molar-refractivity contribution < 1.29 is 18.0 Å². The Morgan fingerprint density at radius 3 is 2.52 bits per heavy atom. The van der Waals surface area contributed by atoms with Gasteiger partial charge in [0.05, 0.1) is 5.69 Å². The van der Waals surface area contributed by atoms with Crippen molar-refractivity contribution in [1.82, 2.24) is 24.4 Å². The molecule has 182 valence electrons. The van der Waals surface area contributed by atoms with Crippen LogP contribution in [0.2, 0.25) is 0 Å². The van der Waals surface area contributed by atoms with Crippen molar-refractivity contribution >= 4 is 17.5 Å². The van der Waals surface area contributed by atoms with Gasteiger partial charge in [-0.2, -0.15) is 13.2 Å². The van der Waals surface area contributed by atoms with Gasteiger partial charge >= 0.3 is 6.68 Å². The van der Waals surface area contributed by atoms with Crippen molar-refractivity contribution in [2.75, 3.05) is 43.9 Å². The normalized spacial score (nSPS) is 16.5. The van der Waals surface area contributed by atoms with Crippen molar-refractivity contribution in [2.45, 2.75) is 58.2 Å². The van der Waals surface area contributed by atoms with Crippen LogP contribution >= 0.6 is 0 Å². The van der Waals surface area contributed by atoms with Gasteiger partial charge in [-0.15, -0.1) is 0 Å². The van der Waals surface area contributed by atoms with Crippen LogP contribution in [0.15, 0.2) is 12.5 Å². The molecule has 0 atom stereocenters. The first-order chi connectivity index (χ1) is 15.8. The van der Waals surface area contributed by atoms with E-state index in [0.29, 0.717) is 24.6 Å². The van der Waals surface area contributed by atoms with Gasteiger partial charge in [0.1, 0.15) is 23.8 Å². The number of hydrogen-bond donors (Lipinski definition) is 1. The van der Waals surface area contributed by atoms with Gasteiger partial charge in [0.25, 0.3) is 0 Å². The number of fused-ring (bicyclic) bond motifs is 1. The maximum Gasteiger partial charge on any atom is 0.379 e. The monoisotopic (exact) mass is 467 g/mol. The summed E-state index contributed by atoms with van der Waals surface area (Å²) in [6.07, 6.45) is 8.11. The first-order valence-electron chi connectivity index (χ1n) is 11.3. The summed E-state index contributed by atoms with van der Waals surface area (Å²) in [6, 6.07) is 0. The third kappa shape index (κ3) is 6.66. The van der Waals surface area contributed by atoms with E-state index in [1.807, 2.05) is 0 Å². The van der Waals surface area contributed by atoms with Gasteiger partial charge in [0, 0.05) is 50.3 Å². The molecule has 2 aliphatic rings. The van der Waals surface area contributed by atoms with Gasteiger partial charge in [0.15, 0.2) is 0 Å². The minimum atomic E-state index is -3.67. The fraction of sp³-hybridized carbons (Fsp3) is 0.636. The lowest BCUT2D eigenvalue weighted by molar-refractivity contribution is -0.116. The average molecular weight is 468 g/mol. The van der Waals surface area contributed by atoms with Crippen molar-refractivity contribution in [3.8, 4) is 0 Å². The summed E-state index contributed by atoms with van der Waals surface area (Å²) < 4.78 is 31.4. The van der Waals surface area contributed by atoms with E-state index in [-0.39, 0.29) is 5.91 Å². The molecule has 2 aromatic rings. The Kier molecular flexibility index (Phi) is 8.65. The van der Waals surface area contributed by atoms with Crippen LogP contribution in [0, 0.1) is 0 Å². The number of halogens is 3. The number of likely N-dealkylation sites (N-methyl/N-ethyl adjacent to an activating group) is 1. The molecule has 1 saturated heterocycles. The molecule has 0 radical (unpaired) electrons. The molecule has 4 rings (SSSR count). The number of amides is 1. The molecule has 2 aromatic heterocycles. The van der Waals surface area contributed by atoms with Crippen molar-refractivity contribution in [1.29, 1.82) is 0 Å². The number of nitrogens with zero attached hydrogens (tertiary/aromatic N) is 6. The number of imidazole rings is 1. The van der Waals surface area contributed by atoms with Crippen molar-refractivity contribution in [3.63, 3.8) is 0 Å². The Balaban J connectivity index is 0.000000709. The van der Waals surface area contributed by atoms with Crippen LogP contribution in [0.25, 0.3) is 0 Å². The van der Waals surface area contributed by atoms with Gasteiger partial charge in [-0.1, -0.05) is 6.92 Å². The highest BCUT2D eigenvalue weighted by Crippen LogP contribution is 2.33. The van der Waals surface area contributed by atoms with E-state index in [9.17, 15) is 18.0 Å². The van der Waals surface area contributed by atoms with Gasteiger partial charge in [-0.3, -0.25) is 4.79 Å². The lowest BCUT2D eigenvalue weighted by atomic mass is 9.95. The lowest BCUT2D eigenvalue weighted by Crippen LogP contribution is -2.36. The predicted molar refractivity (Wildman–Crippen MR) is 120 cm³/mol. The van der Waals surface area contributed by atoms with E-state index < -0.39 is 6.68 Å². The fourth-order valence-corrected chi connectivity index (χ4v) is 4.27. The number of carbonyl (C=O) groups is 1. The highest BCUT2D eigenvalue weighted by molar-refractivity contribution is 5.93. The number of nitrogens with one attached hydrogen (secondary N) is 1. The zero-order chi connectivity index (χ0) is 24.0. The second kappa shape index (κ2) is 11.4. The molecule has 11 heteroatoms. The standard InChI is InChI=1S/C21H31N7O.CHF3/c1-4-16-13-28(12-11-26(2)3)20(24-16)15-7-9-27(10-8-15)21-17-5-6-18(29)25-19(17)22-14-23-21;2-1(3)4/h13-15H,4-12H2,1-3H3,(H,22,23,25,29);1H. The summed E-state index contributed by atoms with van der Waals surface area (Å²) >= 11 is 0. The number of anilines is 2. The number of piperidine rings is 1. The molecule has 0 unspecified atom stereocenters. The number of alkyl halides is 3. The summed E-state index contributed by atoms with van der Waals surface area (Å²) in [5, 5.41) is 2.88. The van der Waals surface area contributed by atoms with Crippen LogP contribution in [0.4, 0.5) is 24.8 Å². The molecular formula is C22H32F3N7O. The summed E-state index contributed by atoms with van der Waals surface area (Å²) in [5.74, 6) is 3.42. The Morgan fingerprint density at radius 2 is 1.88 bits per heavy atom. The molecule has 0 bridgehead atoms. The smallest absolute Gasteiger partial charge is 0.356 e. The second-order valence-corrected chi connectivity index (χ2v) is 8.52. The quantitative estimate of drug-likeness (QED) is 0.703. The number of aryl methyl sites for hydroxylation is 1. The molecule has 0 spiro atoms. The lowest BCUT2D eigenvalue weighted by Gasteiger charge is -2.34. The molecule has 8 nitrogen and oxygen atoms in total. The van der Waals surface area contributed by atoms with E-state index in [2.05, 4.69) is 56.9 Å². The minimum absolute atomic E-state index is 0.0390. The highest BCUT2D eigenvalue weighted by Gasteiger charge is 2.28. The number of hydrogen-bond acceptors (Lipinski definition) is 6. The third-order valence-electron chi connectivity index (χ3n) is 5.95. The van der Waals surface area contributed by atoms with Crippen molar-refractivity contribution in [2.24, 2.45) is 0 Å². The largest absolute Gasteiger partial charge is 0.379 e. The second-order valence-electron chi connectivity index (χ2n) is 8.52. The Labute approximate surface area is 192 Å². The number of carbonyl (C=O) groups excluding carboxylic acids is 1. The molecule has 2 aliphatic heterocycles. The molecule has 1 fully saturated rings. The average Bonchev–Trinajstić information content (AvgIpc) is 3.20. The van der Waals surface area contributed by atoms with Gasteiger partial charge < -0.3 is 19.7 Å². The number of aromatic nitrogens is 4. The SMILES string of the molecule is CCc1cn(CCN(C)C)c(C2CCN(c3ncnc4c3CCC(=O)N4)CC2)n1.FC(F)F. The summed E-state index contributed by atoms with van der Waals surface area (Å²) in [5.41, 5.74) is 2.26. The van der Waals surface area contributed by atoms with Crippen LogP contribution in [-0.4, -0.2) is 70.7 Å². The molecule has 1 N–H and O–H groups in total. The van der Waals surface area contributed by atoms with Gasteiger partial charge in [-0.25, -0.2) is 15.0 Å². The number of rotatable bonds is 6. The molecular weight excluding hydrogens is 435 g/mol. The minimum Gasteiger partial charge on any atom is -0.356 e. The van der Waals surface area contributed by atoms with Crippen LogP contribution in [0.1, 0.15) is 49.2 Å². The van der Waals surface area contributed by atoms with Crippen molar-refractivity contribution in [3.05, 3.63) is 29.6 Å². The first kappa shape index (κ1) is 24.9. The molecule has 1 amide bonds. The maximum absolute atomic E-state index is 11.7. The van der Waals surface area contributed by atoms with Crippen LogP contribution < -0.4 is 10.2 Å². The van der Waals surface area contributed by atoms with E-state index in [4.69, 9.17) is 4.98 Å². The summed E-state index contributed by atoms with van der Waals surface area (Å²) in [7, 11) is 4.22. The Bertz CT molecular complexity index is 924. The summed E-state index contributed by atoms with van der Waals surface area (Å²) in [4.78, 5) is 30.0. The van der Waals surface area contributed by atoms with E-state index >= 15 is 0 Å². The topological polar surface area (TPSA) is 79.2 Å². The predicted octanol–water partition coefficient (Wildman–Crippen LogP) is 3.24. The summed E-state index contributed by atoms with van der Waals surface area (Å²) in [6.45, 7) is 2.40. The van der Waals surface area contributed by atoms with E-state index in [1.54, 1.807) is 6.33 Å². The Hall–Kier alpha value is -2.69. The molecule has 0 aromatic carbocycles. The van der Waals surface area contributed by atoms with Crippen LogP contribution in [-0.2, 0) is 24.2 Å². The van der Waals surface area contributed by atoms with Crippen LogP contribution in [0.3, 0.4) is 0 Å². The first-order valence-corrected chi connectivity index (χ1v) is 11.3. The molecule has 0 aliphatic carbocycles. The molecule has 4 heterocycles. The fourth-order valence-electron chi connectivity index (χ4n) is 4.27. The van der Waals surface area contributed by atoms with E-state index in [1.165, 1.54) is 11.5 Å². The zero-order valence-electron chi connectivity index (χ0n) is 19.4. The molecule has 0 saturated carbocycles. The van der Waals surface area contributed by atoms with Gasteiger partial charge in [-0.05, 0) is 39.8 Å². The van der Waals surface area contributed by atoms with Crippen LogP contribution in [0.5, 0.6) is 0 Å². The van der Waals surface area contributed by atoms with Gasteiger partial charge in [0.2, 0.25) is 5.91 Å². The Morgan fingerprint density at radius 1 is 1.18 bits per heavy atom. The van der Waals surface area contributed by atoms with E-state index in [0.717, 1.165) is 56.8 Å². The third-order valence-corrected chi connectivity index (χ3v) is 5.95. The molecule has 33 heavy (non-hydrogen) atoms.